The molecule has 0 atom stereocenters. The first-order valence-electron chi connectivity index (χ1n) is 6.88. The van der Waals surface area contributed by atoms with Crippen LogP contribution >= 0.6 is 0 Å². The number of nitrogens with one attached hydrogen (secondary N) is 1. The number of carboxylic acids is 1. The van der Waals surface area contributed by atoms with Crippen molar-refractivity contribution in [3.63, 3.8) is 0 Å². The van der Waals surface area contributed by atoms with E-state index in [0.29, 0.717) is 18.8 Å². The van der Waals surface area contributed by atoms with Crippen molar-refractivity contribution in [1.82, 2.24) is 25.5 Å². The standard InChI is InChI=1S/C14H17N5O3/c1-10-4-6-11(7-5-10)14-16-18-19(17-14)9-12(20)15-8-2-3-13(21)22/h4-7H,2-3,8-9H2,1H3,(H,15,20)(H,21,22). The molecule has 8 nitrogen and oxygen atoms in total. The first kappa shape index (κ1) is 15.6. The van der Waals surface area contributed by atoms with Crippen molar-refractivity contribution < 1.29 is 14.7 Å². The molecule has 0 aliphatic heterocycles. The van der Waals surface area contributed by atoms with E-state index in [1.54, 1.807) is 0 Å². The molecule has 116 valence electrons. The lowest BCUT2D eigenvalue weighted by Crippen LogP contribution is -2.29. The van der Waals surface area contributed by atoms with Crippen LogP contribution in [0, 0.1) is 6.92 Å². The maximum absolute atomic E-state index is 11.7. The lowest BCUT2D eigenvalue weighted by Gasteiger charge is -2.02. The topological polar surface area (TPSA) is 110 Å². The van der Waals surface area contributed by atoms with E-state index in [9.17, 15) is 9.59 Å². The third-order valence-electron chi connectivity index (χ3n) is 2.94. The van der Waals surface area contributed by atoms with Gasteiger partial charge in [-0.2, -0.15) is 4.80 Å². The van der Waals surface area contributed by atoms with Crippen LogP contribution in [-0.2, 0) is 16.1 Å². The minimum absolute atomic E-state index is 0.0272. The van der Waals surface area contributed by atoms with Crippen molar-refractivity contribution in [3.8, 4) is 11.4 Å². The number of aromatic nitrogens is 4. The summed E-state index contributed by atoms with van der Waals surface area (Å²) in [5, 5.41) is 23.0. The summed E-state index contributed by atoms with van der Waals surface area (Å²) in [5.74, 6) is -0.702. The monoisotopic (exact) mass is 303 g/mol. The Hall–Kier alpha value is -2.77. The van der Waals surface area contributed by atoms with E-state index in [1.807, 2.05) is 31.2 Å². The summed E-state index contributed by atoms with van der Waals surface area (Å²) in [7, 11) is 0. The number of benzene rings is 1. The molecule has 0 unspecified atom stereocenters. The van der Waals surface area contributed by atoms with Crippen molar-refractivity contribution in [3.05, 3.63) is 29.8 Å². The van der Waals surface area contributed by atoms with Gasteiger partial charge in [0, 0.05) is 18.5 Å². The molecule has 2 rings (SSSR count). The number of hydrogen-bond donors (Lipinski definition) is 2. The van der Waals surface area contributed by atoms with Gasteiger partial charge in [0.2, 0.25) is 11.7 Å². The Kier molecular flexibility index (Phi) is 5.18. The summed E-state index contributed by atoms with van der Waals surface area (Å²) in [6.45, 7) is 2.25. The number of aliphatic carboxylic acids is 1. The molecule has 0 bridgehead atoms. The van der Waals surface area contributed by atoms with Crippen LogP contribution < -0.4 is 5.32 Å². The quantitative estimate of drug-likeness (QED) is 0.726. The van der Waals surface area contributed by atoms with Gasteiger partial charge in [0.25, 0.3) is 0 Å². The summed E-state index contributed by atoms with van der Waals surface area (Å²) in [6.07, 6.45) is 0.417. The first-order chi connectivity index (χ1) is 10.5. The van der Waals surface area contributed by atoms with Crippen molar-refractivity contribution >= 4 is 11.9 Å². The Labute approximate surface area is 127 Å². The van der Waals surface area contributed by atoms with Gasteiger partial charge < -0.3 is 10.4 Å². The summed E-state index contributed by atoms with van der Waals surface area (Å²) >= 11 is 0. The third-order valence-corrected chi connectivity index (χ3v) is 2.94. The molecule has 1 aromatic carbocycles. The second-order valence-electron chi connectivity index (χ2n) is 4.86. The highest BCUT2D eigenvalue weighted by Crippen LogP contribution is 2.13. The van der Waals surface area contributed by atoms with Gasteiger partial charge in [-0.05, 0) is 18.6 Å². The molecule has 2 aromatic rings. The largest absolute Gasteiger partial charge is 0.481 e. The number of amides is 1. The number of carbonyl (C=O) groups excluding carboxylic acids is 1. The molecule has 0 aliphatic carbocycles. The zero-order chi connectivity index (χ0) is 15.9. The number of tetrazole rings is 1. The molecular formula is C14H17N5O3. The van der Waals surface area contributed by atoms with Crippen molar-refractivity contribution in [2.75, 3.05) is 6.54 Å². The van der Waals surface area contributed by atoms with Crippen LogP contribution in [0.1, 0.15) is 18.4 Å². The first-order valence-corrected chi connectivity index (χ1v) is 6.88. The highest BCUT2D eigenvalue weighted by Gasteiger charge is 2.09. The van der Waals surface area contributed by atoms with Crippen LogP contribution in [0.2, 0.25) is 0 Å². The van der Waals surface area contributed by atoms with Crippen LogP contribution in [0.4, 0.5) is 0 Å². The normalized spacial score (nSPS) is 10.4. The predicted molar refractivity (Wildman–Crippen MR) is 77.9 cm³/mol. The highest BCUT2D eigenvalue weighted by molar-refractivity contribution is 5.75. The van der Waals surface area contributed by atoms with Crippen LogP contribution in [0.3, 0.4) is 0 Å². The van der Waals surface area contributed by atoms with E-state index in [4.69, 9.17) is 5.11 Å². The van der Waals surface area contributed by atoms with E-state index in [-0.39, 0.29) is 18.9 Å². The van der Waals surface area contributed by atoms with Gasteiger partial charge in [0.1, 0.15) is 6.54 Å². The smallest absolute Gasteiger partial charge is 0.303 e. The molecule has 22 heavy (non-hydrogen) atoms. The third kappa shape index (κ3) is 4.65. The molecule has 0 radical (unpaired) electrons. The van der Waals surface area contributed by atoms with Gasteiger partial charge in [-0.25, -0.2) is 0 Å². The van der Waals surface area contributed by atoms with E-state index in [2.05, 4.69) is 20.7 Å². The average molecular weight is 303 g/mol. The highest BCUT2D eigenvalue weighted by atomic mass is 16.4. The molecule has 1 heterocycles. The summed E-state index contributed by atoms with van der Waals surface area (Å²) in [6, 6.07) is 7.68. The lowest BCUT2D eigenvalue weighted by molar-refractivity contribution is -0.137. The molecule has 0 spiro atoms. The van der Waals surface area contributed by atoms with Crippen molar-refractivity contribution in [2.24, 2.45) is 0 Å². The summed E-state index contributed by atoms with van der Waals surface area (Å²) < 4.78 is 0. The fourth-order valence-electron chi connectivity index (χ4n) is 1.78. The summed E-state index contributed by atoms with van der Waals surface area (Å²) in [5.41, 5.74) is 1.97. The average Bonchev–Trinajstić information content (AvgIpc) is 2.92. The number of nitrogens with zero attached hydrogens (tertiary/aromatic N) is 4. The van der Waals surface area contributed by atoms with Crippen LogP contribution in [0.15, 0.2) is 24.3 Å². The molecule has 8 heteroatoms. The Morgan fingerprint density at radius 1 is 1.27 bits per heavy atom. The SMILES string of the molecule is Cc1ccc(-c2nnn(CC(=O)NCCCC(=O)O)n2)cc1. The van der Waals surface area contributed by atoms with Gasteiger partial charge in [0.15, 0.2) is 0 Å². The molecule has 0 saturated heterocycles. The number of carboxylic acid groups (broad SMARTS) is 1. The maximum atomic E-state index is 11.7. The van der Waals surface area contributed by atoms with Crippen molar-refractivity contribution in [2.45, 2.75) is 26.3 Å². The second kappa shape index (κ2) is 7.30. The van der Waals surface area contributed by atoms with Gasteiger partial charge in [0.05, 0.1) is 0 Å². The lowest BCUT2D eigenvalue weighted by atomic mass is 10.1. The number of rotatable bonds is 7. The van der Waals surface area contributed by atoms with E-state index in [1.165, 1.54) is 4.80 Å². The molecular weight excluding hydrogens is 286 g/mol. The molecule has 0 aliphatic rings. The Morgan fingerprint density at radius 3 is 2.68 bits per heavy atom. The van der Waals surface area contributed by atoms with Crippen LogP contribution in [0.5, 0.6) is 0 Å². The van der Waals surface area contributed by atoms with Gasteiger partial charge in [-0.1, -0.05) is 29.8 Å². The molecule has 1 amide bonds. The van der Waals surface area contributed by atoms with E-state index >= 15 is 0 Å². The molecule has 0 saturated carbocycles. The molecule has 2 N–H and O–H groups in total. The Balaban J connectivity index is 1.85. The minimum atomic E-state index is -0.880. The fraction of sp³-hybridized carbons (Fsp3) is 0.357. The zero-order valence-corrected chi connectivity index (χ0v) is 12.2. The van der Waals surface area contributed by atoms with E-state index in [0.717, 1.165) is 11.1 Å². The van der Waals surface area contributed by atoms with Crippen LogP contribution in [-0.4, -0.2) is 43.7 Å². The number of carbonyl (C=O) groups is 2. The van der Waals surface area contributed by atoms with Crippen LogP contribution in [0.25, 0.3) is 11.4 Å². The molecule has 0 fully saturated rings. The van der Waals surface area contributed by atoms with E-state index < -0.39 is 5.97 Å². The van der Waals surface area contributed by atoms with Gasteiger partial charge >= 0.3 is 5.97 Å². The second-order valence-corrected chi connectivity index (χ2v) is 4.86. The predicted octanol–water partition coefficient (Wildman–Crippen LogP) is 0.630. The summed E-state index contributed by atoms with van der Waals surface area (Å²) in [4.78, 5) is 23.2. The Morgan fingerprint density at radius 2 is 2.00 bits per heavy atom. The zero-order valence-electron chi connectivity index (χ0n) is 12.2. The number of hydrogen-bond acceptors (Lipinski definition) is 5. The fourth-order valence-corrected chi connectivity index (χ4v) is 1.78. The van der Waals surface area contributed by atoms with Gasteiger partial charge in [-0.15, -0.1) is 10.2 Å². The van der Waals surface area contributed by atoms with Gasteiger partial charge in [-0.3, -0.25) is 9.59 Å². The number of aryl methyl sites for hydroxylation is 1. The molecule has 1 aromatic heterocycles. The van der Waals surface area contributed by atoms with Crippen molar-refractivity contribution in [1.29, 1.82) is 0 Å². The minimum Gasteiger partial charge on any atom is -0.481 e. The maximum Gasteiger partial charge on any atom is 0.303 e. The Bertz CT molecular complexity index is 651.